The highest BCUT2D eigenvalue weighted by Crippen LogP contribution is 2.36. The maximum Gasteiger partial charge on any atom is 0.126 e. The summed E-state index contributed by atoms with van der Waals surface area (Å²) in [6.07, 6.45) is 1.46. The Hall–Kier alpha value is -1.90. The van der Waals surface area contributed by atoms with Crippen LogP contribution in [-0.2, 0) is 6.42 Å². The molecular formula is C17H17F2N. The van der Waals surface area contributed by atoms with Gasteiger partial charge in [0.15, 0.2) is 0 Å². The average molecular weight is 273 g/mol. The molecule has 1 heterocycles. The van der Waals surface area contributed by atoms with Crippen LogP contribution in [0.2, 0.25) is 0 Å². The van der Waals surface area contributed by atoms with Gasteiger partial charge in [0.05, 0.1) is 0 Å². The van der Waals surface area contributed by atoms with Crippen molar-refractivity contribution in [2.45, 2.75) is 31.7 Å². The van der Waals surface area contributed by atoms with Crippen molar-refractivity contribution in [3.63, 3.8) is 0 Å². The second-order valence-corrected chi connectivity index (χ2v) is 5.51. The lowest BCUT2D eigenvalue weighted by Crippen LogP contribution is -2.26. The van der Waals surface area contributed by atoms with E-state index in [1.807, 2.05) is 18.2 Å². The predicted octanol–water partition coefficient (Wildman–Crippen LogP) is 4.50. The lowest BCUT2D eigenvalue weighted by Gasteiger charge is -2.31. The van der Waals surface area contributed by atoms with Gasteiger partial charge in [0, 0.05) is 11.7 Å². The van der Waals surface area contributed by atoms with Gasteiger partial charge in [-0.2, -0.15) is 0 Å². The van der Waals surface area contributed by atoms with Crippen LogP contribution in [-0.4, -0.2) is 6.04 Å². The molecule has 2 unspecified atom stereocenters. The molecule has 1 aliphatic rings. The fraction of sp³-hybridized carbons (Fsp3) is 0.294. The van der Waals surface area contributed by atoms with Crippen LogP contribution in [0.4, 0.5) is 14.5 Å². The molecule has 1 N–H and O–H groups in total. The van der Waals surface area contributed by atoms with E-state index in [-0.39, 0.29) is 17.6 Å². The summed E-state index contributed by atoms with van der Waals surface area (Å²) < 4.78 is 27.1. The van der Waals surface area contributed by atoms with Crippen LogP contribution in [0.1, 0.15) is 30.4 Å². The van der Waals surface area contributed by atoms with Crippen molar-refractivity contribution in [3.8, 4) is 0 Å². The predicted molar refractivity (Wildman–Crippen MR) is 76.9 cm³/mol. The molecule has 20 heavy (non-hydrogen) atoms. The molecular weight excluding hydrogens is 256 g/mol. The topological polar surface area (TPSA) is 12.0 Å². The smallest absolute Gasteiger partial charge is 0.126 e. The molecule has 1 nitrogen and oxygen atoms in total. The van der Waals surface area contributed by atoms with Crippen LogP contribution in [0.15, 0.2) is 42.5 Å². The average Bonchev–Trinajstić information content (AvgIpc) is 2.43. The number of halogens is 2. The third kappa shape index (κ3) is 2.53. The first kappa shape index (κ1) is 13.1. The Morgan fingerprint density at radius 2 is 1.95 bits per heavy atom. The van der Waals surface area contributed by atoms with E-state index >= 15 is 0 Å². The van der Waals surface area contributed by atoms with E-state index in [4.69, 9.17) is 0 Å². The number of rotatable bonds is 2. The van der Waals surface area contributed by atoms with E-state index in [9.17, 15) is 8.78 Å². The molecule has 3 rings (SSSR count). The van der Waals surface area contributed by atoms with Crippen molar-refractivity contribution in [1.29, 1.82) is 0 Å². The van der Waals surface area contributed by atoms with E-state index in [0.717, 1.165) is 18.2 Å². The minimum Gasteiger partial charge on any atom is -0.382 e. The minimum atomic E-state index is -0.378. The fourth-order valence-corrected chi connectivity index (χ4v) is 3.02. The number of anilines is 1. The molecule has 0 fully saturated rings. The lowest BCUT2D eigenvalue weighted by atomic mass is 9.83. The summed E-state index contributed by atoms with van der Waals surface area (Å²) >= 11 is 0. The third-order valence-electron chi connectivity index (χ3n) is 3.91. The Balaban J connectivity index is 1.93. The maximum atomic E-state index is 13.8. The number of nitrogens with one attached hydrogen (secondary N) is 1. The number of hydrogen-bond donors (Lipinski definition) is 1. The molecule has 0 saturated heterocycles. The van der Waals surface area contributed by atoms with Gasteiger partial charge in [-0.3, -0.25) is 0 Å². The van der Waals surface area contributed by atoms with Crippen LogP contribution < -0.4 is 5.32 Å². The van der Waals surface area contributed by atoms with Gasteiger partial charge < -0.3 is 5.32 Å². The highest BCUT2D eigenvalue weighted by molar-refractivity contribution is 5.55. The van der Waals surface area contributed by atoms with Crippen LogP contribution in [0.5, 0.6) is 0 Å². The van der Waals surface area contributed by atoms with E-state index in [1.54, 1.807) is 0 Å². The second-order valence-electron chi connectivity index (χ2n) is 5.51. The van der Waals surface area contributed by atoms with Gasteiger partial charge in [0.25, 0.3) is 0 Å². The summed E-state index contributed by atoms with van der Waals surface area (Å²) in [5.74, 6) is -0.481. The maximum absolute atomic E-state index is 13.8. The summed E-state index contributed by atoms with van der Waals surface area (Å²) in [5, 5.41) is 3.43. The molecule has 0 spiro atoms. The third-order valence-corrected chi connectivity index (χ3v) is 3.91. The minimum absolute atomic E-state index is 0.221. The second kappa shape index (κ2) is 5.23. The molecule has 3 heteroatoms. The zero-order valence-electron chi connectivity index (χ0n) is 11.4. The highest BCUT2D eigenvalue weighted by atomic mass is 19.1. The SMILES string of the molecule is CC1CC(Cc2cc(F)ccc2F)c2ccccc2N1. The normalized spacial score (nSPS) is 21.1. The van der Waals surface area contributed by atoms with Gasteiger partial charge in [-0.05, 0) is 61.1 Å². The molecule has 0 amide bonds. The molecule has 1 aliphatic heterocycles. The Labute approximate surface area is 117 Å². The molecule has 0 saturated carbocycles. The van der Waals surface area contributed by atoms with Crippen LogP contribution in [0, 0.1) is 11.6 Å². The molecule has 0 aliphatic carbocycles. The number of para-hydroxylation sites is 1. The fourth-order valence-electron chi connectivity index (χ4n) is 3.02. The van der Waals surface area contributed by atoms with E-state index in [2.05, 4.69) is 18.3 Å². The van der Waals surface area contributed by atoms with Gasteiger partial charge in [0.2, 0.25) is 0 Å². The van der Waals surface area contributed by atoms with Crippen LogP contribution in [0.3, 0.4) is 0 Å². The number of benzene rings is 2. The molecule has 0 aromatic heterocycles. The monoisotopic (exact) mass is 273 g/mol. The molecule has 2 atom stereocenters. The molecule has 0 radical (unpaired) electrons. The van der Waals surface area contributed by atoms with Gasteiger partial charge in [-0.15, -0.1) is 0 Å². The summed E-state index contributed by atoms with van der Waals surface area (Å²) in [7, 11) is 0. The van der Waals surface area contributed by atoms with Crippen LogP contribution >= 0.6 is 0 Å². The quantitative estimate of drug-likeness (QED) is 0.849. The number of fused-ring (bicyclic) bond motifs is 1. The van der Waals surface area contributed by atoms with Crippen molar-refractivity contribution in [2.24, 2.45) is 0 Å². The van der Waals surface area contributed by atoms with Crippen molar-refractivity contribution in [1.82, 2.24) is 0 Å². The van der Waals surface area contributed by atoms with Gasteiger partial charge in [-0.1, -0.05) is 18.2 Å². The summed E-state index contributed by atoms with van der Waals surface area (Å²) in [6.45, 7) is 2.12. The zero-order valence-corrected chi connectivity index (χ0v) is 11.4. The van der Waals surface area contributed by atoms with E-state index in [1.165, 1.54) is 17.7 Å². The van der Waals surface area contributed by atoms with E-state index < -0.39 is 0 Å². The Morgan fingerprint density at radius 1 is 1.15 bits per heavy atom. The van der Waals surface area contributed by atoms with Crippen LogP contribution in [0.25, 0.3) is 0 Å². The highest BCUT2D eigenvalue weighted by Gasteiger charge is 2.24. The first-order valence-corrected chi connectivity index (χ1v) is 6.93. The zero-order chi connectivity index (χ0) is 14.1. The largest absolute Gasteiger partial charge is 0.382 e. The number of hydrogen-bond acceptors (Lipinski definition) is 1. The summed E-state index contributed by atoms with van der Waals surface area (Å²) in [6, 6.07) is 12.1. The Kier molecular flexibility index (Phi) is 3.43. The molecule has 0 bridgehead atoms. The van der Waals surface area contributed by atoms with Gasteiger partial charge >= 0.3 is 0 Å². The Morgan fingerprint density at radius 3 is 2.80 bits per heavy atom. The van der Waals surface area contributed by atoms with Crippen molar-refractivity contribution < 1.29 is 8.78 Å². The van der Waals surface area contributed by atoms with Crippen molar-refractivity contribution in [2.75, 3.05) is 5.32 Å². The van der Waals surface area contributed by atoms with Crippen molar-refractivity contribution >= 4 is 5.69 Å². The molecule has 104 valence electrons. The molecule has 2 aromatic rings. The van der Waals surface area contributed by atoms with Gasteiger partial charge in [0.1, 0.15) is 11.6 Å². The van der Waals surface area contributed by atoms with Gasteiger partial charge in [-0.25, -0.2) is 8.78 Å². The lowest BCUT2D eigenvalue weighted by molar-refractivity contribution is 0.526. The molecule has 2 aromatic carbocycles. The van der Waals surface area contributed by atoms with Crippen molar-refractivity contribution in [3.05, 3.63) is 65.2 Å². The van der Waals surface area contributed by atoms with E-state index in [0.29, 0.717) is 18.0 Å². The standard InChI is InChI=1S/C17H17F2N/c1-11-8-12(15-4-2-3-5-17(15)20-11)9-13-10-14(18)6-7-16(13)19/h2-7,10-12,20H,8-9H2,1H3. The summed E-state index contributed by atoms with van der Waals surface area (Å²) in [5.41, 5.74) is 2.75. The summed E-state index contributed by atoms with van der Waals surface area (Å²) in [4.78, 5) is 0. The Bertz CT molecular complexity index is 624. The first-order valence-electron chi connectivity index (χ1n) is 6.93. The first-order chi connectivity index (χ1) is 9.63.